The molecule has 6 rings (SSSR count). The van der Waals surface area contributed by atoms with Gasteiger partial charge in [0, 0.05) is 37.6 Å². The first kappa shape index (κ1) is 21.4. The van der Waals surface area contributed by atoms with Gasteiger partial charge in [0.15, 0.2) is 5.82 Å². The van der Waals surface area contributed by atoms with E-state index in [9.17, 15) is 8.42 Å². The van der Waals surface area contributed by atoms with E-state index < -0.39 is 10.0 Å². The number of aromatic nitrogens is 4. The Bertz CT molecular complexity index is 1460. The number of pyridine rings is 2. The van der Waals surface area contributed by atoms with Gasteiger partial charge in [-0.1, -0.05) is 29.3 Å². The van der Waals surface area contributed by atoms with Crippen LogP contribution in [0.5, 0.6) is 0 Å². The second-order valence-electron chi connectivity index (χ2n) is 8.89. The summed E-state index contributed by atoms with van der Waals surface area (Å²) in [6.45, 7) is 3.36. The Labute approximate surface area is 202 Å². The predicted octanol–water partition coefficient (Wildman–Crippen LogP) is 3.88. The van der Waals surface area contributed by atoms with E-state index in [4.69, 9.17) is 11.6 Å². The lowest BCUT2D eigenvalue weighted by atomic mass is 10.1. The van der Waals surface area contributed by atoms with Crippen molar-refractivity contribution >= 4 is 44.3 Å². The zero-order chi connectivity index (χ0) is 23.4. The topological polar surface area (TPSA) is 84.2 Å². The fraction of sp³-hybridized carbons (Fsp3) is 0.292. The van der Waals surface area contributed by atoms with Gasteiger partial charge in [-0.3, -0.25) is 4.98 Å². The van der Waals surface area contributed by atoms with Gasteiger partial charge in [0.25, 0.3) is 10.0 Å². The number of aryl methyl sites for hydroxylation is 1. The van der Waals surface area contributed by atoms with Crippen molar-refractivity contribution in [2.45, 2.75) is 36.7 Å². The fourth-order valence-corrected chi connectivity index (χ4v) is 6.47. The highest BCUT2D eigenvalue weighted by Gasteiger charge is 2.42. The van der Waals surface area contributed by atoms with Crippen LogP contribution in [-0.4, -0.2) is 52.7 Å². The summed E-state index contributed by atoms with van der Waals surface area (Å²) < 4.78 is 28.1. The lowest BCUT2D eigenvalue weighted by Crippen LogP contribution is -2.54. The monoisotopic (exact) mass is 494 g/mol. The Morgan fingerprint density at radius 3 is 2.38 bits per heavy atom. The summed E-state index contributed by atoms with van der Waals surface area (Å²) in [5.41, 5.74) is 2.07. The van der Waals surface area contributed by atoms with Crippen LogP contribution in [-0.2, 0) is 10.0 Å². The third-order valence-electron chi connectivity index (χ3n) is 6.69. The summed E-state index contributed by atoms with van der Waals surface area (Å²) in [6.07, 6.45) is 5.44. The summed E-state index contributed by atoms with van der Waals surface area (Å²) in [5.74, 6) is 1.53. The van der Waals surface area contributed by atoms with Gasteiger partial charge < -0.3 is 9.80 Å². The number of rotatable bonds is 4. The molecule has 2 aliphatic rings. The second kappa shape index (κ2) is 7.95. The summed E-state index contributed by atoms with van der Waals surface area (Å²) in [4.78, 5) is 13.8. The van der Waals surface area contributed by atoms with Gasteiger partial charge in [-0.15, -0.1) is 9.19 Å². The highest BCUT2D eigenvalue weighted by molar-refractivity contribution is 7.90. The maximum absolute atomic E-state index is 13.5. The van der Waals surface area contributed by atoms with Crippen LogP contribution in [0.1, 0.15) is 18.4 Å². The van der Waals surface area contributed by atoms with E-state index in [1.54, 1.807) is 48.8 Å². The fourth-order valence-electron chi connectivity index (χ4n) is 5.09. The molecular formula is C24H23ClN6O2S. The average Bonchev–Trinajstić information content (AvgIpc) is 3.35. The highest BCUT2D eigenvalue weighted by Crippen LogP contribution is 2.37. The zero-order valence-electron chi connectivity index (χ0n) is 18.5. The van der Waals surface area contributed by atoms with E-state index in [1.807, 2.05) is 19.1 Å². The summed E-state index contributed by atoms with van der Waals surface area (Å²) in [5, 5.41) is 5.25. The number of halogens is 1. The van der Waals surface area contributed by atoms with E-state index in [2.05, 4.69) is 24.9 Å². The standard InChI is InChI=1S/C24H23ClN6O2S/c1-16-4-9-20(10-5-16)34(32,33)31-21-3-2-12-26-23(21)24(28-31)29-14-18-7-8-19(15-29)30(18)22-11-6-17(25)13-27-22/h2-6,9-13,18-19H,7-8,14-15H2,1H3. The maximum Gasteiger partial charge on any atom is 0.283 e. The lowest BCUT2D eigenvalue weighted by Gasteiger charge is -2.41. The van der Waals surface area contributed by atoms with Crippen LogP contribution in [0.3, 0.4) is 0 Å². The van der Waals surface area contributed by atoms with Crippen molar-refractivity contribution in [2.75, 3.05) is 22.9 Å². The molecule has 1 aromatic carbocycles. The van der Waals surface area contributed by atoms with Gasteiger partial charge in [0.1, 0.15) is 16.9 Å². The van der Waals surface area contributed by atoms with E-state index in [1.165, 1.54) is 0 Å². The van der Waals surface area contributed by atoms with Gasteiger partial charge in [-0.25, -0.2) is 4.98 Å². The van der Waals surface area contributed by atoms with Crippen LogP contribution in [0.15, 0.2) is 65.8 Å². The number of hydrogen-bond acceptors (Lipinski definition) is 7. The summed E-state index contributed by atoms with van der Waals surface area (Å²) >= 11 is 6.03. The number of benzene rings is 1. The Kier molecular flexibility index (Phi) is 5.00. The predicted molar refractivity (Wildman–Crippen MR) is 132 cm³/mol. The minimum atomic E-state index is -3.86. The molecule has 174 valence electrons. The van der Waals surface area contributed by atoms with E-state index in [0.29, 0.717) is 35.0 Å². The maximum atomic E-state index is 13.5. The van der Waals surface area contributed by atoms with Crippen molar-refractivity contribution < 1.29 is 8.42 Å². The van der Waals surface area contributed by atoms with Crippen LogP contribution in [0.25, 0.3) is 11.0 Å². The molecule has 8 nitrogen and oxygen atoms in total. The largest absolute Gasteiger partial charge is 0.349 e. The molecule has 0 radical (unpaired) electrons. The normalized spacial score (nSPS) is 20.3. The van der Waals surface area contributed by atoms with Gasteiger partial charge in [0.2, 0.25) is 0 Å². The van der Waals surface area contributed by atoms with Gasteiger partial charge in [0.05, 0.1) is 9.92 Å². The third-order valence-corrected chi connectivity index (χ3v) is 8.52. The van der Waals surface area contributed by atoms with E-state index in [-0.39, 0.29) is 17.0 Å². The molecule has 2 aliphatic heterocycles. The molecule has 0 amide bonds. The molecule has 2 saturated heterocycles. The Balaban J connectivity index is 1.38. The summed E-state index contributed by atoms with van der Waals surface area (Å²) in [6, 6.07) is 14.6. The minimum absolute atomic E-state index is 0.205. The molecule has 0 aliphatic carbocycles. The molecule has 4 aromatic rings. The molecule has 3 aromatic heterocycles. The molecular weight excluding hydrogens is 472 g/mol. The van der Waals surface area contributed by atoms with E-state index >= 15 is 0 Å². The van der Waals surface area contributed by atoms with Crippen LogP contribution in [0, 0.1) is 6.92 Å². The van der Waals surface area contributed by atoms with Crippen molar-refractivity contribution in [1.82, 2.24) is 19.2 Å². The number of anilines is 2. The molecule has 2 bridgehead atoms. The van der Waals surface area contributed by atoms with Gasteiger partial charge in [-0.05, 0) is 56.2 Å². The molecule has 2 fully saturated rings. The van der Waals surface area contributed by atoms with Crippen molar-refractivity contribution in [1.29, 1.82) is 0 Å². The Morgan fingerprint density at radius 2 is 1.71 bits per heavy atom. The smallest absolute Gasteiger partial charge is 0.283 e. The zero-order valence-corrected chi connectivity index (χ0v) is 20.1. The highest BCUT2D eigenvalue weighted by atomic mass is 35.5. The molecule has 0 saturated carbocycles. The van der Waals surface area contributed by atoms with Crippen molar-refractivity contribution in [3.05, 3.63) is 71.5 Å². The molecule has 2 unspecified atom stereocenters. The van der Waals surface area contributed by atoms with E-state index in [0.717, 1.165) is 28.3 Å². The van der Waals surface area contributed by atoms with Crippen LogP contribution >= 0.6 is 11.6 Å². The van der Waals surface area contributed by atoms with Gasteiger partial charge in [-0.2, -0.15) is 8.42 Å². The number of hydrogen-bond donors (Lipinski definition) is 0. The number of fused-ring (bicyclic) bond motifs is 3. The second-order valence-corrected chi connectivity index (χ2v) is 11.1. The van der Waals surface area contributed by atoms with Crippen LogP contribution in [0.4, 0.5) is 11.6 Å². The molecule has 2 atom stereocenters. The van der Waals surface area contributed by atoms with Gasteiger partial charge >= 0.3 is 0 Å². The SMILES string of the molecule is Cc1ccc(S(=O)(=O)n2nc(N3CC4CCC(C3)N4c3ccc(Cl)cn3)c3ncccc32)cc1. The van der Waals surface area contributed by atoms with Crippen molar-refractivity contribution in [2.24, 2.45) is 0 Å². The molecule has 34 heavy (non-hydrogen) atoms. The minimum Gasteiger partial charge on any atom is -0.349 e. The quantitative estimate of drug-likeness (QED) is 0.425. The van der Waals surface area contributed by atoms with Crippen molar-refractivity contribution in [3.8, 4) is 0 Å². The average molecular weight is 495 g/mol. The Hall–Kier alpha value is -3.17. The first-order chi connectivity index (χ1) is 16.4. The number of nitrogens with zero attached hydrogens (tertiary/aromatic N) is 6. The van der Waals surface area contributed by atoms with Crippen molar-refractivity contribution in [3.63, 3.8) is 0 Å². The Morgan fingerprint density at radius 1 is 0.971 bits per heavy atom. The molecule has 5 heterocycles. The summed E-state index contributed by atoms with van der Waals surface area (Å²) in [7, 11) is -3.86. The third kappa shape index (κ3) is 3.42. The first-order valence-corrected chi connectivity index (χ1v) is 13.0. The molecule has 0 N–H and O–H groups in total. The van der Waals surface area contributed by atoms with Crippen LogP contribution < -0.4 is 9.80 Å². The van der Waals surface area contributed by atoms with Crippen LogP contribution in [0.2, 0.25) is 5.02 Å². The lowest BCUT2D eigenvalue weighted by molar-refractivity contribution is 0.526. The number of piperazine rings is 1. The first-order valence-electron chi connectivity index (χ1n) is 11.2. The molecule has 10 heteroatoms. The molecule has 0 spiro atoms.